The zero-order valence-electron chi connectivity index (χ0n) is 19.9. The highest BCUT2D eigenvalue weighted by Gasteiger charge is 2.17. The number of thiazole rings is 1. The van der Waals surface area contributed by atoms with E-state index >= 15 is 0 Å². The van der Waals surface area contributed by atoms with Crippen LogP contribution in [-0.4, -0.2) is 30.2 Å². The van der Waals surface area contributed by atoms with E-state index in [1.54, 1.807) is 38.6 Å². The molecule has 5 aromatic rings. The molecule has 0 fully saturated rings. The molecule has 3 heterocycles. The molecule has 11 heteroatoms. The number of para-hydroxylation sites is 1. The van der Waals surface area contributed by atoms with Crippen LogP contribution < -0.4 is 10.4 Å². The van der Waals surface area contributed by atoms with E-state index in [9.17, 15) is 14.9 Å². The van der Waals surface area contributed by atoms with Crippen molar-refractivity contribution in [2.45, 2.75) is 6.92 Å². The first-order chi connectivity index (χ1) is 17.9. The molecular weight excluding hydrogens is 490 g/mol. The van der Waals surface area contributed by atoms with Crippen LogP contribution in [0.3, 0.4) is 0 Å². The number of nitrogens with zero attached hydrogens (tertiary/aromatic N) is 7. The predicted octanol–water partition coefficient (Wildman–Crippen LogP) is 4.43. The molecule has 0 atom stereocenters. The summed E-state index contributed by atoms with van der Waals surface area (Å²) in [6.45, 7) is 1.84. The third-order valence-electron chi connectivity index (χ3n) is 5.78. The third-order valence-corrected chi connectivity index (χ3v) is 6.60. The van der Waals surface area contributed by atoms with Gasteiger partial charge >= 0.3 is 0 Å². The van der Waals surface area contributed by atoms with E-state index in [2.05, 4.69) is 10.1 Å². The first kappa shape index (κ1) is 23.8. The smallest absolute Gasteiger partial charge is 0.283 e. The molecule has 2 aromatic carbocycles. The molecule has 0 N–H and O–H groups in total. The first-order valence-electron chi connectivity index (χ1n) is 11.2. The molecule has 37 heavy (non-hydrogen) atoms. The fraction of sp³-hybridized carbons (Fsp3) is 0.0769. The summed E-state index contributed by atoms with van der Waals surface area (Å²) in [6, 6.07) is 21.0. The molecule has 0 radical (unpaired) electrons. The number of non-ortho nitro benzene ring substituents is 1. The van der Waals surface area contributed by atoms with Gasteiger partial charge in [0.15, 0.2) is 5.69 Å². The van der Waals surface area contributed by atoms with Gasteiger partial charge in [0.25, 0.3) is 11.2 Å². The Morgan fingerprint density at radius 2 is 1.76 bits per heavy atom. The fourth-order valence-corrected chi connectivity index (χ4v) is 4.63. The third kappa shape index (κ3) is 4.67. The number of pyridine rings is 1. The Morgan fingerprint density at radius 3 is 2.43 bits per heavy atom. The maximum atomic E-state index is 13.4. The molecule has 0 unspecified atom stereocenters. The number of nitro benzene ring substituents is 1. The minimum atomic E-state index is -0.443. The molecule has 0 aliphatic rings. The van der Waals surface area contributed by atoms with Crippen molar-refractivity contribution in [3.05, 3.63) is 121 Å². The molecule has 0 saturated heterocycles. The van der Waals surface area contributed by atoms with Crippen LogP contribution in [0.15, 0.2) is 99.3 Å². The minimum absolute atomic E-state index is 0.00574. The van der Waals surface area contributed by atoms with Gasteiger partial charge in [-0.1, -0.05) is 24.3 Å². The highest BCUT2D eigenvalue weighted by molar-refractivity contribution is 7.07. The van der Waals surface area contributed by atoms with Crippen molar-refractivity contribution in [1.82, 2.24) is 19.0 Å². The topological polar surface area (TPSA) is 113 Å². The summed E-state index contributed by atoms with van der Waals surface area (Å²) in [7, 11) is 1.81. The Labute approximate surface area is 214 Å². The van der Waals surface area contributed by atoms with E-state index in [0.29, 0.717) is 33.1 Å². The highest BCUT2D eigenvalue weighted by atomic mass is 32.1. The zero-order chi connectivity index (χ0) is 25.9. The number of benzene rings is 2. The minimum Gasteiger partial charge on any atom is -0.283 e. The Bertz CT molecular complexity index is 1730. The van der Waals surface area contributed by atoms with Gasteiger partial charge in [-0.3, -0.25) is 24.6 Å². The van der Waals surface area contributed by atoms with Gasteiger partial charge in [0.05, 0.1) is 33.9 Å². The molecule has 3 aromatic heterocycles. The van der Waals surface area contributed by atoms with Crippen molar-refractivity contribution in [2.24, 2.45) is 17.1 Å². The Morgan fingerprint density at radius 1 is 1.03 bits per heavy atom. The van der Waals surface area contributed by atoms with E-state index in [4.69, 9.17) is 4.99 Å². The summed E-state index contributed by atoms with van der Waals surface area (Å²) in [5.74, 6) is 0. The molecular formula is C26H21N7O3S. The number of hydrogen-bond acceptors (Lipinski definition) is 7. The lowest BCUT2D eigenvalue weighted by atomic mass is 10.1. The van der Waals surface area contributed by atoms with Crippen molar-refractivity contribution >= 4 is 28.9 Å². The second-order valence-corrected chi connectivity index (χ2v) is 8.88. The Hall–Kier alpha value is -4.90. The summed E-state index contributed by atoms with van der Waals surface area (Å²) in [5.41, 5.74) is 3.49. The molecule has 0 spiro atoms. The van der Waals surface area contributed by atoms with Gasteiger partial charge in [-0.05, 0) is 43.3 Å². The van der Waals surface area contributed by atoms with Crippen LogP contribution in [0.4, 0.5) is 11.4 Å². The van der Waals surface area contributed by atoms with Crippen molar-refractivity contribution in [3.8, 4) is 16.9 Å². The standard InChI is InChI=1S/C26H21N7O3S/c1-18-24(25(34)32(30(18)2)21-9-4-3-5-10-21)29-26-31(28-16-20-8-6-7-15-27-20)23(17-37-26)19-11-13-22(14-12-19)33(35)36/h3-17H,1-2H3. The molecule has 10 nitrogen and oxygen atoms in total. The summed E-state index contributed by atoms with van der Waals surface area (Å²) >= 11 is 1.31. The van der Waals surface area contributed by atoms with Crippen LogP contribution in [0.2, 0.25) is 0 Å². The van der Waals surface area contributed by atoms with Crippen LogP contribution in [0.5, 0.6) is 0 Å². The van der Waals surface area contributed by atoms with Crippen LogP contribution in [0, 0.1) is 17.0 Å². The van der Waals surface area contributed by atoms with Gasteiger partial charge in [-0.2, -0.15) is 5.10 Å². The van der Waals surface area contributed by atoms with Crippen LogP contribution >= 0.6 is 11.3 Å². The van der Waals surface area contributed by atoms with Crippen molar-refractivity contribution in [2.75, 3.05) is 0 Å². The lowest BCUT2D eigenvalue weighted by Crippen LogP contribution is -2.19. The Balaban J connectivity index is 1.68. The van der Waals surface area contributed by atoms with Gasteiger partial charge in [-0.15, -0.1) is 11.3 Å². The van der Waals surface area contributed by atoms with Gasteiger partial charge < -0.3 is 0 Å². The molecule has 0 bridgehead atoms. The van der Waals surface area contributed by atoms with E-state index in [0.717, 1.165) is 5.69 Å². The average Bonchev–Trinajstić information content (AvgIpc) is 3.42. The first-order valence-corrected chi connectivity index (χ1v) is 12.1. The van der Waals surface area contributed by atoms with Crippen molar-refractivity contribution in [3.63, 3.8) is 0 Å². The van der Waals surface area contributed by atoms with Crippen LogP contribution in [-0.2, 0) is 7.05 Å². The molecule has 184 valence electrons. The number of hydrogen-bond donors (Lipinski definition) is 0. The summed E-state index contributed by atoms with van der Waals surface area (Å²) in [4.78, 5) is 33.6. The predicted molar refractivity (Wildman–Crippen MR) is 143 cm³/mol. The largest absolute Gasteiger partial charge is 0.297 e. The second kappa shape index (κ2) is 9.99. The molecule has 0 saturated carbocycles. The number of nitro groups is 1. The molecule has 5 rings (SSSR count). The van der Waals surface area contributed by atoms with E-state index < -0.39 is 4.92 Å². The molecule has 0 aliphatic heterocycles. The maximum absolute atomic E-state index is 13.4. The van der Waals surface area contributed by atoms with Gasteiger partial charge in [0.1, 0.15) is 0 Å². The lowest BCUT2D eigenvalue weighted by Gasteiger charge is -2.07. The Kier molecular flexibility index (Phi) is 6.43. The monoisotopic (exact) mass is 511 g/mol. The van der Waals surface area contributed by atoms with Crippen molar-refractivity contribution < 1.29 is 4.92 Å². The zero-order valence-corrected chi connectivity index (χ0v) is 20.7. The van der Waals surface area contributed by atoms with Crippen LogP contribution in [0.1, 0.15) is 11.4 Å². The fourth-order valence-electron chi connectivity index (χ4n) is 3.79. The highest BCUT2D eigenvalue weighted by Crippen LogP contribution is 2.24. The summed E-state index contributed by atoms with van der Waals surface area (Å²) in [5, 5.41) is 17.6. The summed E-state index contributed by atoms with van der Waals surface area (Å²) < 4.78 is 4.95. The maximum Gasteiger partial charge on any atom is 0.297 e. The lowest BCUT2D eigenvalue weighted by molar-refractivity contribution is -0.384. The number of rotatable bonds is 6. The van der Waals surface area contributed by atoms with Crippen LogP contribution in [0.25, 0.3) is 16.9 Å². The normalized spacial score (nSPS) is 11.9. The van der Waals surface area contributed by atoms with Crippen molar-refractivity contribution in [1.29, 1.82) is 0 Å². The average molecular weight is 512 g/mol. The number of aromatic nitrogens is 4. The summed E-state index contributed by atoms with van der Waals surface area (Å²) in [6.07, 6.45) is 3.27. The van der Waals surface area contributed by atoms with Gasteiger partial charge in [0, 0.05) is 36.3 Å². The van der Waals surface area contributed by atoms with E-state index in [1.807, 2.05) is 67.9 Å². The van der Waals surface area contributed by atoms with Gasteiger partial charge in [0.2, 0.25) is 4.80 Å². The SMILES string of the molecule is Cc1c(N=c2scc(-c3ccc([N+](=O)[O-])cc3)n2N=Cc2ccccn2)c(=O)n(-c2ccccc2)n1C. The van der Waals surface area contributed by atoms with E-state index in [1.165, 1.54) is 23.5 Å². The molecule has 0 aliphatic carbocycles. The quantitative estimate of drug-likeness (QED) is 0.191. The van der Waals surface area contributed by atoms with E-state index in [-0.39, 0.29) is 11.2 Å². The molecule has 0 amide bonds. The van der Waals surface area contributed by atoms with Gasteiger partial charge in [-0.25, -0.2) is 14.4 Å². The second-order valence-electron chi connectivity index (χ2n) is 8.04.